The molecule has 1 aliphatic rings. The fraction of sp³-hybridized carbons (Fsp3) is 0.545. The minimum absolute atomic E-state index is 0.0579. The van der Waals surface area contributed by atoms with E-state index in [4.69, 9.17) is 5.11 Å². The predicted molar refractivity (Wildman–Crippen MR) is 60.5 cm³/mol. The molecule has 1 amide bonds. The van der Waals surface area contributed by atoms with Crippen LogP contribution in [0.1, 0.15) is 25.7 Å². The second kappa shape index (κ2) is 4.99. The van der Waals surface area contributed by atoms with Crippen LogP contribution < -0.4 is 5.32 Å². The molecule has 6 heteroatoms. The smallest absolute Gasteiger partial charge is 0.325 e. The molecule has 0 unspecified atom stereocenters. The normalized spacial score (nSPS) is 14.6. The van der Waals surface area contributed by atoms with E-state index in [-0.39, 0.29) is 12.5 Å². The number of nitrogens with one attached hydrogen (secondary N) is 1. The third kappa shape index (κ3) is 3.90. The Labute approximate surface area is 98.6 Å². The highest BCUT2D eigenvalue weighted by Gasteiger charge is 2.21. The summed E-state index contributed by atoms with van der Waals surface area (Å²) < 4.78 is 1.28. The highest BCUT2D eigenvalue weighted by Crippen LogP contribution is 2.33. The van der Waals surface area contributed by atoms with Gasteiger partial charge in [0.05, 0.1) is 0 Å². The fourth-order valence-corrected chi connectivity index (χ4v) is 1.60. The van der Waals surface area contributed by atoms with E-state index in [1.165, 1.54) is 23.7 Å². The van der Waals surface area contributed by atoms with Crippen molar-refractivity contribution in [2.45, 2.75) is 32.2 Å². The molecular weight excluding hydrogens is 222 g/mol. The Morgan fingerprint density at radius 1 is 1.53 bits per heavy atom. The van der Waals surface area contributed by atoms with Crippen LogP contribution in [0, 0.1) is 5.92 Å². The van der Waals surface area contributed by atoms with E-state index < -0.39 is 5.97 Å². The quantitative estimate of drug-likeness (QED) is 0.775. The maximum absolute atomic E-state index is 11.5. The number of hydrogen-bond acceptors (Lipinski definition) is 3. The standard InChI is InChI=1S/C11H15N3O3/c15-10(4-3-8-1-2-8)12-9-5-6-14(13-9)7-11(16)17/h5-6,8H,1-4,7H2,(H,16,17)(H,12,13,15). The molecule has 0 radical (unpaired) electrons. The largest absolute Gasteiger partial charge is 0.480 e. The molecule has 6 nitrogen and oxygen atoms in total. The molecule has 1 saturated carbocycles. The van der Waals surface area contributed by atoms with Gasteiger partial charge >= 0.3 is 5.97 Å². The Morgan fingerprint density at radius 3 is 2.94 bits per heavy atom. The second-order valence-corrected chi connectivity index (χ2v) is 4.32. The molecule has 17 heavy (non-hydrogen) atoms. The van der Waals surface area contributed by atoms with Crippen molar-refractivity contribution in [3.63, 3.8) is 0 Å². The lowest BCUT2D eigenvalue weighted by Gasteiger charge is -2.00. The van der Waals surface area contributed by atoms with Gasteiger partial charge in [0.1, 0.15) is 6.54 Å². The van der Waals surface area contributed by atoms with Crippen LogP contribution in [-0.4, -0.2) is 26.8 Å². The summed E-state index contributed by atoms with van der Waals surface area (Å²) in [6.07, 6.45) is 5.45. The van der Waals surface area contributed by atoms with Gasteiger partial charge in [0.25, 0.3) is 0 Å². The molecule has 0 spiro atoms. The van der Waals surface area contributed by atoms with Gasteiger partial charge in [0, 0.05) is 18.7 Å². The van der Waals surface area contributed by atoms with Gasteiger partial charge in [-0.05, 0) is 12.3 Å². The van der Waals surface area contributed by atoms with Crippen molar-refractivity contribution in [2.75, 3.05) is 5.32 Å². The molecule has 2 N–H and O–H groups in total. The maximum Gasteiger partial charge on any atom is 0.325 e. The summed E-state index contributed by atoms with van der Waals surface area (Å²) in [5.41, 5.74) is 0. The number of carboxylic acids is 1. The number of carbonyl (C=O) groups excluding carboxylic acids is 1. The molecule has 1 heterocycles. The first-order chi connectivity index (χ1) is 8.13. The van der Waals surface area contributed by atoms with Crippen LogP contribution in [0.25, 0.3) is 0 Å². The van der Waals surface area contributed by atoms with Gasteiger partial charge in [-0.3, -0.25) is 14.3 Å². The first kappa shape index (κ1) is 11.6. The topological polar surface area (TPSA) is 84.2 Å². The average molecular weight is 237 g/mol. The van der Waals surface area contributed by atoms with Crippen molar-refractivity contribution >= 4 is 17.7 Å². The average Bonchev–Trinajstić information content (AvgIpc) is 2.98. The molecule has 0 saturated heterocycles. The van der Waals surface area contributed by atoms with Crippen molar-refractivity contribution in [1.82, 2.24) is 9.78 Å². The molecule has 2 rings (SSSR count). The number of carboxylic acid groups (broad SMARTS) is 1. The number of rotatable bonds is 6. The summed E-state index contributed by atoms with van der Waals surface area (Å²) in [6, 6.07) is 1.60. The van der Waals surface area contributed by atoms with Crippen LogP contribution in [-0.2, 0) is 16.1 Å². The number of hydrogen-bond donors (Lipinski definition) is 2. The summed E-state index contributed by atoms with van der Waals surface area (Å²) in [6.45, 7) is -0.196. The van der Waals surface area contributed by atoms with Gasteiger partial charge in [-0.25, -0.2) is 0 Å². The van der Waals surface area contributed by atoms with E-state index in [0.29, 0.717) is 12.2 Å². The van der Waals surface area contributed by atoms with Gasteiger partial charge in [-0.15, -0.1) is 0 Å². The first-order valence-corrected chi connectivity index (χ1v) is 5.68. The maximum atomic E-state index is 11.5. The van der Waals surface area contributed by atoms with E-state index in [1.54, 1.807) is 6.07 Å². The number of aliphatic carboxylic acids is 1. The van der Waals surface area contributed by atoms with Crippen molar-refractivity contribution in [2.24, 2.45) is 5.92 Å². The lowest BCUT2D eigenvalue weighted by molar-refractivity contribution is -0.137. The Morgan fingerprint density at radius 2 is 2.29 bits per heavy atom. The van der Waals surface area contributed by atoms with Gasteiger partial charge in [-0.2, -0.15) is 5.10 Å². The highest BCUT2D eigenvalue weighted by atomic mass is 16.4. The van der Waals surface area contributed by atoms with Gasteiger partial charge in [-0.1, -0.05) is 12.8 Å². The SMILES string of the molecule is O=C(O)Cn1ccc(NC(=O)CCC2CC2)n1. The Hall–Kier alpha value is -1.85. The zero-order valence-electron chi connectivity index (χ0n) is 9.43. The third-order valence-corrected chi connectivity index (χ3v) is 2.68. The van der Waals surface area contributed by atoms with Crippen LogP contribution in [0.2, 0.25) is 0 Å². The summed E-state index contributed by atoms with van der Waals surface area (Å²) in [5, 5.41) is 15.2. The zero-order chi connectivity index (χ0) is 12.3. The van der Waals surface area contributed by atoms with Crippen LogP contribution in [0.15, 0.2) is 12.3 Å². The van der Waals surface area contributed by atoms with Crippen molar-refractivity contribution in [3.05, 3.63) is 12.3 Å². The van der Waals surface area contributed by atoms with Crippen LogP contribution in [0.3, 0.4) is 0 Å². The summed E-state index contributed by atoms with van der Waals surface area (Å²) >= 11 is 0. The Bertz CT molecular complexity index is 423. The molecule has 1 fully saturated rings. The van der Waals surface area contributed by atoms with Crippen molar-refractivity contribution in [1.29, 1.82) is 0 Å². The number of amides is 1. The minimum atomic E-state index is -0.959. The molecule has 0 aliphatic heterocycles. The summed E-state index contributed by atoms with van der Waals surface area (Å²) in [4.78, 5) is 21.9. The minimum Gasteiger partial charge on any atom is -0.480 e. The molecular formula is C11H15N3O3. The zero-order valence-corrected chi connectivity index (χ0v) is 9.43. The first-order valence-electron chi connectivity index (χ1n) is 5.68. The highest BCUT2D eigenvalue weighted by molar-refractivity contribution is 5.89. The number of nitrogens with zero attached hydrogens (tertiary/aromatic N) is 2. The van der Waals surface area contributed by atoms with E-state index in [1.807, 2.05) is 0 Å². The molecule has 1 aliphatic carbocycles. The predicted octanol–water partition coefficient (Wildman–Crippen LogP) is 1.10. The number of aromatic nitrogens is 2. The second-order valence-electron chi connectivity index (χ2n) is 4.32. The number of carbonyl (C=O) groups is 2. The molecule has 0 bridgehead atoms. The molecule has 1 aromatic rings. The van der Waals surface area contributed by atoms with E-state index in [0.717, 1.165) is 12.3 Å². The Kier molecular flexibility index (Phi) is 3.41. The van der Waals surface area contributed by atoms with Gasteiger partial charge in [0.15, 0.2) is 5.82 Å². The van der Waals surface area contributed by atoms with Crippen molar-refractivity contribution in [3.8, 4) is 0 Å². The third-order valence-electron chi connectivity index (χ3n) is 2.68. The van der Waals surface area contributed by atoms with E-state index >= 15 is 0 Å². The summed E-state index contributed by atoms with van der Waals surface area (Å²) in [7, 11) is 0. The lowest BCUT2D eigenvalue weighted by Crippen LogP contribution is -2.13. The van der Waals surface area contributed by atoms with Crippen LogP contribution in [0.5, 0.6) is 0 Å². The van der Waals surface area contributed by atoms with Crippen LogP contribution >= 0.6 is 0 Å². The number of anilines is 1. The van der Waals surface area contributed by atoms with Gasteiger partial charge in [0.2, 0.25) is 5.91 Å². The van der Waals surface area contributed by atoms with Gasteiger partial charge < -0.3 is 10.4 Å². The summed E-state index contributed by atoms with van der Waals surface area (Å²) in [5.74, 6) is 0.120. The van der Waals surface area contributed by atoms with Crippen LogP contribution in [0.4, 0.5) is 5.82 Å². The molecule has 92 valence electrons. The Balaban J connectivity index is 1.78. The monoisotopic (exact) mass is 237 g/mol. The fourth-order valence-electron chi connectivity index (χ4n) is 1.60. The van der Waals surface area contributed by atoms with E-state index in [9.17, 15) is 9.59 Å². The lowest BCUT2D eigenvalue weighted by atomic mass is 10.2. The van der Waals surface area contributed by atoms with Crippen molar-refractivity contribution < 1.29 is 14.7 Å². The van der Waals surface area contributed by atoms with E-state index in [2.05, 4.69) is 10.4 Å². The molecule has 1 aromatic heterocycles. The molecule has 0 aromatic carbocycles. The molecule has 0 atom stereocenters.